The zero-order valence-electron chi connectivity index (χ0n) is 14.8. The van der Waals surface area contributed by atoms with Crippen LogP contribution in [-0.4, -0.2) is 7.05 Å². The van der Waals surface area contributed by atoms with Crippen LogP contribution in [0.25, 0.3) is 0 Å². The van der Waals surface area contributed by atoms with E-state index in [1.807, 2.05) is 0 Å². The minimum Gasteiger partial charge on any atom is -0.344 e. The lowest BCUT2D eigenvalue weighted by Gasteiger charge is -2.36. The van der Waals surface area contributed by atoms with Gasteiger partial charge in [-0.15, -0.1) is 0 Å². The van der Waals surface area contributed by atoms with Crippen molar-refractivity contribution in [2.45, 2.75) is 26.7 Å². The number of benzene rings is 3. The van der Waals surface area contributed by atoms with Gasteiger partial charge in [0.2, 0.25) is 0 Å². The molecule has 0 atom stereocenters. The Kier molecular flexibility index (Phi) is 3.45. The number of nitrogens with zero attached hydrogens (tertiary/aromatic N) is 1. The quantitative estimate of drug-likeness (QED) is 0.543. The van der Waals surface area contributed by atoms with Crippen LogP contribution in [0.1, 0.15) is 39.3 Å². The molecule has 0 fully saturated rings. The Morgan fingerprint density at radius 1 is 0.708 bits per heavy atom. The molecule has 0 amide bonds. The molecule has 1 nitrogen and oxygen atoms in total. The molecule has 120 valence electrons. The summed E-state index contributed by atoms with van der Waals surface area (Å²) >= 11 is 0. The second kappa shape index (κ2) is 5.52. The first-order valence-electron chi connectivity index (χ1n) is 8.57. The number of para-hydroxylation sites is 2. The molecule has 4 rings (SSSR count). The van der Waals surface area contributed by atoms with Crippen molar-refractivity contribution in [3.05, 3.63) is 94.0 Å². The van der Waals surface area contributed by atoms with Crippen LogP contribution in [-0.2, 0) is 0 Å². The Morgan fingerprint density at radius 2 is 1.17 bits per heavy atom. The maximum absolute atomic E-state index is 2.32. The largest absolute Gasteiger partial charge is 0.344 e. The molecule has 0 N–H and O–H groups in total. The van der Waals surface area contributed by atoms with Gasteiger partial charge in [-0.1, -0.05) is 54.1 Å². The fourth-order valence-corrected chi connectivity index (χ4v) is 4.33. The second-order valence-electron chi connectivity index (χ2n) is 6.92. The minimum atomic E-state index is 0.300. The maximum atomic E-state index is 2.32. The van der Waals surface area contributed by atoms with Crippen LogP contribution in [0, 0.1) is 20.8 Å². The third-order valence-corrected chi connectivity index (χ3v) is 5.24. The van der Waals surface area contributed by atoms with E-state index in [9.17, 15) is 0 Å². The Bertz CT molecular complexity index is 852. The molecular weight excluding hydrogens is 290 g/mol. The molecule has 1 aliphatic heterocycles. The zero-order valence-corrected chi connectivity index (χ0v) is 14.8. The van der Waals surface area contributed by atoms with Crippen molar-refractivity contribution >= 4 is 11.4 Å². The van der Waals surface area contributed by atoms with Gasteiger partial charge in [-0.2, -0.15) is 0 Å². The summed E-state index contributed by atoms with van der Waals surface area (Å²) in [6, 6.07) is 22.2. The summed E-state index contributed by atoms with van der Waals surface area (Å²) in [6.45, 7) is 6.68. The highest BCUT2D eigenvalue weighted by atomic mass is 15.1. The first kappa shape index (κ1) is 15.0. The van der Waals surface area contributed by atoms with E-state index in [4.69, 9.17) is 0 Å². The van der Waals surface area contributed by atoms with Crippen LogP contribution in [0.5, 0.6) is 0 Å². The molecule has 3 aromatic carbocycles. The molecule has 1 aliphatic rings. The van der Waals surface area contributed by atoms with E-state index < -0.39 is 0 Å². The van der Waals surface area contributed by atoms with Gasteiger partial charge in [0.15, 0.2) is 0 Å². The summed E-state index contributed by atoms with van der Waals surface area (Å²) in [5.41, 5.74) is 11.0. The van der Waals surface area contributed by atoms with Gasteiger partial charge in [0.05, 0.1) is 0 Å². The van der Waals surface area contributed by atoms with Crippen LogP contribution in [0.2, 0.25) is 0 Å². The predicted molar refractivity (Wildman–Crippen MR) is 103 cm³/mol. The molecule has 0 radical (unpaired) electrons. The molecule has 0 saturated heterocycles. The first-order chi connectivity index (χ1) is 11.6. The standard InChI is InChI=1S/C23H23N/c1-15-13-16(2)22(17(3)14-15)23-18-9-5-7-11-20(18)24(4)21-12-8-6-10-19(21)23/h5-14,23H,1-4H3. The van der Waals surface area contributed by atoms with Crippen LogP contribution in [0.15, 0.2) is 60.7 Å². The summed E-state index contributed by atoms with van der Waals surface area (Å²) in [4.78, 5) is 2.32. The minimum absolute atomic E-state index is 0.300. The normalized spacial score (nSPS) is 13.6. The Labute approximate surface area is 144 Å². The Hall–Kier alpha value is -2.54. The molecule has 1 heteroatoms. The summed E-state index contributed by atoms with van der Waals surface area (Å²) in [5, 5.41) is 0. The highest BCUT2D eigenvalue weighted by molar-refractivity contribution is 5.78. The molecular formula is C23H23N. The van der Waals surface area contributed by atoms with E-state index >= 15 is 0 Å². The van der Waals surface area contributed by atoms with E-state index in [2.05, 4.69) is 93.4 Å². The van der Waals surface area contributed by atoms with Crippen LogP contribution in [0.4, 0.5) is 11.4 Å². The van der Waals surface area contributed by atoms with Gasteiger partial charge in [-0.25, -0.2) is 0 Å². The Morgan fingerprint density at radius 3 is 1.67 bits per heavy atom. The van der Waals surface area contributed by atoms with Gasteiger partial charge in [-0.05, 0) is 60.7 Å². The third kappa shape index (κ3) is 2.16. The molecule has 0 spiro atoms. The number of fused-ring (bicyclic) bond motifs is 2. The number of hydrogen-bond donors (Lipinski definition) is 0. The van der Waals surface area contributed by atoms with Crippen molar-refractivity contribution in [1.82, 2.24) is 0 Å². The summed E-state index contributed by atoms with van der Waals surface area (Å²) in [5.74, 6) is 0.300. The fraction of sp³-hybridized carbons (Fsp3) is 0.217. The highest BCUT2D eigenvalue weighted by Crippen LogP contribution is 2.48. The third-order valence-electron chi connectivity index (χ3n) is 5.24. The lowest BCUT2D eigenvalue weighted by molar-refractivity contribution is 0.905. The van der Waals surface area contributed by atoms with Crippen LogP contribution < -0.4 is 4.90 Å². The molecule has 3 aromatic rings. The van der Waals surface area contributed by atoms with Gasteiger partial charge in [0, 0.05) is 24.3 Å². The summed E-state index contributed by atoms with van der Waals surface area (Å²) in [7, 11) is 2.17. The van der Waals surface area contributed by atoms with Crippen molar-refractivity contribution in [3.63, 3.8) is 0 Å². The number of hydrogen-bond acceptors (Lipinski definition) is 1. The molecule has 0 aliphatic carbocycles. The lowest BCUT2D eigenvalue weighted by atomic mass is 9.77. The number of rotatable bonds is 1. The van der Waals surface area contributed by atoms with Crippen molar-refractivity contribution < 1.29 is 0 Å². The van der Waals surface area contributed by atoms with E-state index in [0.29, 0.717) is 5.92 Å². The lowest BCUT2D eigenvalue weighted by Crippen LogP contribution is -2.23. The van der Waals surface area contributed by atoms with Gasteiger partial charge in [0.25, 0.3) is 0 Å². The van der Waals surface area contributed by atoms with Gasteiger partial charge in [-0.3, -0.25) is 0 Å². The molecule has 0 bridgehead atoms. The van der Waals surface area contributed by atoms with Crippen molar-refractivity contribution in [1.29, 1.82) is 0 Å². The molecule has 0 saturated carbocycles. The van der Waals surface area contributed by atoms with Crippen LogP contribution in [0.3, 0.4) is 0 Å². The highest BCUT2D eigenvalue weighted by Gasteiger charge is 2.31. The first-order valence-corrected chi connectivity index (χ1v) is 8.57. The summed E-state index contributed by atoms with van der Waals surface area (Å²) in [6.07, 6.45) is 0. The second-order valence-corrected chi connectivity index (χ2v) is 6.92. The van der Waals surface area contributed by atoms with Crippen molar-refractivity contribution in [2.24, 2.45) is 0 Å². The van der Waals surface area contributed by atoms with Gasteiger partial charge in [0.1, 0.15) is 0 Å². The van der Waals surface area contributed by atoms with E-state index in [1.165, 1.54) is 44.8 Å². The zero-order chi connectivity index (χ0) is 16.8. The van der Waals surface area contributed by atoms with E-state index in [1.54, 1.807) is 0 Å². The van der Waals surface area contributed by atoms with Gasteiger partial charge < -0.3 is 4.90 Å². The van der Waals surface area contributed by atoms with E-state index in [-0.39, 0.29) is 0 Å². The fourth-order valence-electron chi connectivity index (χ4n) is 4.33. The SMILES string of the molecule is Cc1cc(C)c(C2c3ccccc3N(C)c3ccccc32)c(C)c1. The Balaban J connectivity index is 2.05. The van der Waals surface area contributed by atoms with E-state index in [0.717, 1.165) is 0 Å². The van der Waals surface area contributed by atoms with Crippen molar-refractivity contribution in [2.75, 3.05) is 11.9 Å². The maximum Gasteiger partial charge on any atom is 0.0450 e. The topological polar surface area (TPSA) is 3.24 Å². The average molecular weight is 313 g/mol. The average Bonchev–Trinajstić information content (AvgIpc) is 2.57. The predicted octanol–water partition coefficient (Wildman–Crippen LogP) is 5.87. The van der Waals surface area contributed by atoms with Crippen molar-refractivity contribution in [3.8, 4) is 0 Å². The van der Waals surface area contributed by atoms with Crippen LogP contribution >= 0.6 is 0 Å². The molecule has 24 heavy (non-hydrogen) atoms. The molecule has 0 aromatic heterocycles. The molecule has 1 heterocycles. The number of aryl methyl sites for hydroxylation is 3. The monoisotopic (exact) mass is 313 g/mol. The summed E-state index contributed by atoms with van der Waals surface area (Å²) < 4.78 is 0. The molecule has 0 unspecified atom stereocenters. The van der Waals surface area contributed by atoms with Gasteiger partial charge >= 0.3 is 0 Å². The number of anilines is 2. The smallest absolute Gasteiger partial charge is 0.0450 e.